The SMILES string of the molecule is CC(=O)c1ccccc1.CCc1cnc(C#N)c(Cl)c1. The summed E-state index contributed by atoms with van der Waals surface area (Å²) in [7, 11) is 0. The quantitative estimate of drug-likeness (QED) is 0.782. The molecular formula is C16H15ClN2O. The van der Waals surface area contributed by atoms with E-state index in [2.05, 4.69) is 4.98 Å². The van der Waals surface area contributed by atoms with Crippen LogP contribution < -0.4 is 0 Å². The maximum Gasteiger partial charge on any atom is 0.159 e. The molecule has 0 spiro atoms. The summed E-state index contributed by atoms with van der Waals surface area (Å²) in [6, 6.07) is 12.9. The molecule has 0 fully saturated rings. The average molecular weight is 287 g/mol. The van der Waals surface area contributed by atoms with Gasteiger partial charge in [-0.05, 0) is 25.0 Å². The Hall–Kier alpha value is -2.18. The lowest BCUT2D eigenvalue weighted by Crippen LogP contribution is -1.88. The minimum Gasteiger partial charge on any atom is -0.295 e. The molecule has 4 heteroatoms. The van der Waals surface area contributed by atoms with Crippen molar-refractivity contribution in [3.63, 3.8) is 0 Å². The number of carbonyl (C=O) groups excluding carboxylic acids is 1. The second kappa shape index (κ2) is 8.08. The zero-order chi connectivity index (χ0) is 15.0. The first kappa shape index (κ1) is 15.9. The molecule has 2 aromatic rings. The van der Waals surface area contributed by atoms with Crippen molar-refractivity contribution < 1.29 is 4.79 Å². The summed E-state index contributed by atoms with van der Waals surface area (Å²) in [5, 5.41) is 8.92. The van der Waals surface area contributed by atoms with Crippen molar-refractivity contribution in [1.82, 2.24) is 4.98 Å². The zero-order valence-electron chi connectivity index (χ0n) is 11.4. The number of nitrogens with zero attached hydrogens (tertiary/aromatic N) is 2. The standard InChI is InChI=1S/C8H7ClN2.C8H8O/c1-2-6-3-7(9)8(4-10)11-5-6;1-7(9)8-5-3-2-4-6-8/h3,5H,2H2,1H3;2-6H,1H3. The van der Waals surface area contributed by atoms with Gasteiger partial charge in [0.1, 0.15) is 6.07 Å². The molecule has 1 aromatic heterocycles. The van der Waals surface area contributed by atoms with Crippen molar-refractivity contribution >= 4 is 17.4 Å². The molecular weight excluding hydrogens is 272 g/mol. The fourth-order valence-corrected chi connectivity index (χ4v) is 1.66. The van der Waals surface area contributed by atoms with Crippen LogP contribution in [0.15, 0.2) is 42.6 Å². The summed E-state index contributed by atoms with van der Waals surface area (Å²) >= 11 is 5.72. The fourth-order valence-electron chi connectivity index (χ4n) is 1.43. The molecule has 0 bridgehead atoms. The average Bonchev–Trinajstić information content (AvgIpc) is 2.48. The van der Waals surface area contributed by atoms with E-state index in [0.717, 1.165) is 17.5 Å². The molecule has 3 nitrogen and oxygen atoms in total. The van der Waals surface area contributed by atoms with Gasteiger partial charge in [-0.2, -0.15) is 5.26 Å². The van der Waals surface area contributed by atoms with Crippen LogP contribution in [0.4, 0.5) is 0 Å². The van der Waals surface area contributed by atoms with Crippen LogP contribution in [0.5, 0.6) is 0 Å². The summed E-state index contributed by atoms with van der Waals surface area (Å²) in [6.07, 6.45) is 2.56. The molecule has 0 saturated heterocycles. The van der Waals surface area contributed by atoms with E-state index in [1.807, 2.05) is 43.3 Å². The van der Waals surface area contributed by atoms with Crippen LogP contribution in [0.25, 0.3) is 0 Å². The molecule has 0 amide bonds. The van der Waals surface area contributed by atoms with Gasteiger partial charge in [0.15, 0.2) is 11.5 Å². The summed E-state index contributed by atoms with van der Waals surface area (Å²) < 4.78 is 0. The van der Waals surface area contributed by atoms with Crippen LogP contribution >= 0.6 is 11.6 Å². The van der Waals surface area contributed by atoms with E-state index in [9.17, 15) is 4.79 Å². The minimum atomic E-state index is 0.121. The number of carbonyl (C=O) groups is 1. The van der Waals surface area contributed by atoms with Gasteiger partial charge in [0, 0.05) is 11.8 Å². The van der Waals surface area contributed by atoms with Crippen LogP contribution in [-0.4, -0.2) is 10.8 Å². The Kier molecular flexibility index (Phi) is 6.42. The summed E-state index contributed by atoms with van der Waals surface area (Å²) in [5.41, 5.74) is 2.12. The first-order valence-electron chi connectivity index (χ1n) is 6.19. The van der Waals surface area contributed by atoms with Crippen molar-refractivity contribution in [3.8, 4) is 6.07 Å². The lowest BCUT2D eigenvalue weighted by atomic mass is 10.2. The Balaban J connectivity index is 0.000000204. The van der Waals surface area contributed by atoms with Crippen molar-refractivity contribution in [2.24, 2.45) is 0 Å². The molecule has 2 rings (SSSR count). The predicted molar refractivity (Wildman–Crippen MR) is 79.8 cm³/mol. The zero-order valence-corrected chi connectivity index (χ0v) is 12.2. The lowest BCUT2D eigenvalue weighted by Gasteiger charge is -1.96. The van der Waals surface area contributed by atoms with Gasteiger partial charge in [-0.25, -0.2) is 4.98 Å². The summed E-state index contributed by atoms with van der Waals surface area (Å²) in [5.74, 6) is 0.121. The molecule has 0 aliphatic rings. The molecule has 0 aliphatic heterocycles. The van der Waals surface area contributed by atoms with Gasteiger partial charge in [0.05, 0.1) is 5.02 Å². The Morgan fingerprint density at radius 2 is 2.00 bits per heavy atom. The normalized spacial score (nSPS) is 9.10. The van der Waals surface area contributed by atoms with Crippen molar-refractivity contribution in [1.29, 1.82) is 5.26 Å². The lowest BCUT2D eigenvalue weighted by molar-refractivity contribution is 0.101. The van der Waals surface area contributed by atoms with Crippen molar-refractivity contribution in [2.75, 3.05) is 0 Å². The highest BCUT2D eigenvalue weighted by atomic mass is 35.5. The van der Waals surface area contributed by atoms with Gasteiger partial charge < -0.3 is 0 Å². The number of hydrogen-bond acceptors (Lipinski definition) is 3. The number of halogens is 1. The minimum absolute atomic E-state index is 0.121. The van der Waals surface area contributed by atoms with E-state index in [4.69, 9.17) is 16.9 Å². The second-order valence-corrected chi connectivity index (χ2v) is 4.47. The van der Waals surface area contributed by atoms with Gasteiger partial charge in [-0.3, -0.25) is 4.79 Å². The molecule has 102 valence electrons. The van der Waals surface area contributed by atoms with Crippen LogP contribution in [-0.2, 0) is 6.42 Å². The number of hydrogen-bond donors (Lipinski definition) is 0. The summed E-state index contributed by atoms with van der Waals surface area (Å²) in [4.78, 5) is 14.5. The smallest absolute Gasteiger partial charge is 0.159 e. The Labute approximate surface area is 123 Å². The number of aromatic nitrogens is 1. The van der Waals surface area contributed by atoms with Crippen LogP contribution in [0.1, 0.15) is 35.5 Å². The monoisotopic (exact) mass is 286 g/mol. The second-order valence-electron chi connectivity index (χ2n) is 4.06. The van der Waals surface area contributed by atoms with Gasteiger partial charge in [-0.1, -0.05) is 48.9 Å². The molecule has 1 heterocycles. The van der Waals surface area contributed by atoms with Gasteiger partial charge in [0.25, 0.3) is 0 Å². The Bertz CT molecular complexity index is 618. The van der Waals surface area contributed by atoms with Crippen molar-refractivity contribution in [3.05, 3.63) is 64.4 Å². The largest absolute Gasteiger partial charge is 0.295 e. The van der Waals surface area contributed by atoms with E-state index in [0.29, 0.717) is 10.7 Å². The van der Waals surface area contributed by atoms with Gasteiger partial charge >= 0.3 is 0 Å². The third-order valence-electron chi connectivity index (χ3n) is 2.59. The third kappa shape index (κ3) is 4.83. The maximum absolute atomic E-state index is 10.6. The molecule has 0 atom stereocenters. The molecule has 20 heavy (non-hydrogen) atoms. The van der Waals surface area contributed by atoms with E-state index >= 15 is 0 Å². The van der Waals surface area contributed by atoms with E-state index in [1.165, 1.54) is 0 Å². The number of aryl methyl sites for hydroxylation is 1. The number of ketones is 1. The first-order chi connectivity index (χ1) is 9.58. The highest BCUT2D eigenvalue weighted by Crippen LogP contribution is 2.14. The highest BCUT2D eigenvalue weighted by Gasteiger charge is 2.00. The first-order valence-corrected chi connectivity index (χ1v) is 6.56. The van der Waals surface area contributed by atoms with Gasteiger partial charge in [-0.15, -0.1) is 0 Å². The number of rotatable bonds is 2. The van der Waals surface area contributed by atoms with Crippen LogP contribution in [0, 0.1) is 11.3 Å². The molecule has 0 N–H and O–H groups in total. The maximum atomic E-state index is 10.6. The molecule has 1 aromatic carbocycles. The van der Waals surface area contributed by atoms with Gasteiger partial charge in [0.2, 0.25) is 0 Å². The summed E-state index contributed by atoms with van der Waals surface area (Å²) in [6.45, 7) is 3.58. The Morgan fingerprint density at radius 3 is 2.40 bits per heavy atom. The number of pyridine rings is 1. The third-order valence-corrected chi connectivity index (χ3v) is 2.88. The Morgan fingerprint density at radius 1 is 1.35 bits per heavy atom. The highest BCUT2D eigenvalue weighted by molar-refractivity contribution is 6.31. The number of nitriles is 1. The molecule has 0 radical (unpaired) electrons. The molecule has 0 aliphatic carbocycles. The van der Waals surface area contributed by atoms with Crippen LogP contribution in [0.2, 0.25) is 5.02 Å². The fraction of sp³-hybridized carbons (Fsp3) is 0.188. The number of Topliss-reactive ketones (excluding diaryl/α,β-unsaturated/α-hetero) is 1. The van der Waals surface area contributed by atoms with Crippen molar-refractivity contribution in [2.45, 2.75) is 20.3 Å². The number of benzene rings is 1. The molecule has 0 unspecified atom stereocenters. The van der Waals surface area contributed by atoms with Crippen LogP contribution in [0.3, 0.4) is 0 Å². The molecule has 0 saturated carbocycles. The van der Waals surface area contributed by atoms with E-state index < -0.39 is 0 Å². The van der Waals surface area contributed by atoms with E-state index in [-0.39, 0.29) is 5.78 Å². The van der Waals surface area contributed by atoms with E-state index in [1.54, 1.807) is 19.2 Å². The predicted octanol–water partition coefficient (Wildman–Crippen LogP) is 4.06. The topological polar surface area (TPSA) is 53.8 Å².